The van der Waals surface area contributed by atoms with E-state index in [0.717, 1.165) is 23.9 Å². The van der Waals surface area contributed by atoms with Crippen LogP contribution in [0.25, 0.3) is 0 Å². The Morgan fingerprint density at radius 1 is 1.20 bits per heavy atom. The molecule has 1 N–H and O–H groups in total. The van der Waals surface area contributed by atoms with E-state index in [0.29, 0.717) is 19.8 Å². The summed E-state index contributed by atoms with van der Waals surface area (Å²) in [4.78, 5) is 4.14. The van der Waals surface area contributed by atoms with Crippen LogP contribution in [0.15, 0.2) is 30.6 Å². The zero-order valence-corrected chi connectivity index (χ0v) is 11.9. The van der Waals surface area contributed by atoms with E-state index in [1.165, 1.54) is 0 Å². The van der Waals surface area contributed by atoms with Crippen molar-refractivity contribution in [2.45, 2.75) is 13.5 Å². The highest BCUT2D eigenvalue weighted by Crippen LogP contribution is 2.25. The monoisotopic (exact) mass is 276 g/mol. The molecule has 0 saturated carbocycles. The van der Waals surface area contributed by atoms with Gasteiger partial charge in [-0.25, -0.2) is 4.98 Å². The summed E-state index contributed by atoms with van der Waals surface area (Å²) in [6, 6.07) is 7.68. The van der Waals surface area contributed by atoms with E-state index < -0.39 is 0 Å². The number of ether oxygens (including phenoxy) is 2. The molecular formula is C14H20N4O2. The SMILES string of the molecule is CCOc1ccccc1OCCNCc1ncn(C)n1. The van der Waals surface area contributed by atoms with Gasteiger partial charge in [-0.05, 0) is 19.1 Å². The summed E-state index contributed by atoms with van der Waals surface area (Å²) in [5.74, 6) is 2.33. The first kappa shape index (κ1) is 14.3. The molecule has 2 aromatic rings. The largest absolute Gasteiger partial charge is 0.490 e. The Morgan fingerprint density at radius 2 is 1.95 bits per heavy atom. The highest BCUT2D eigenvalue weighted by atomic mass is 16.5. The normalized spacial score (nSPS) is 10.5. The van der Waals surface area contributed by atoms with Crippen molar-refractivity contribution < 1.29 is 9.47 Å². The van der Waals surface area contributed by atoms with Crippen molar-refractivity contribution in [3.05, 3.63) is 36.4 Å². The number of para-hydroxylation sites is 2. The molecule has 0 saturated heterocycles. The van der Waals surface area contributed by atoms with Gasteiger partial charge in [-0.15, -0.1) is 0 Å². The van der Waals surface area contributed by atoms with Crippen molar-refractivity contribution in [1.29, 1.82) is 0 Å². The Morgan fingerprint density at radius 3 is 2.60 bits per heavy atom. The minimum Gasteiger partial charge on any atom is -0.490 e. The van der Waals surface area contributed by atoms with Crippen LogP contribution < -0.4 is 14.8 Å². The van der Waals surface area contributed by atoms with E-state index in [4.69, 9.17) is 9.47 Å². The molecule has 0 aliphatic heterocycles. The van der Waals surface area contributed by atoms with Crippen molar-refractivity contribution in [3.63, 3.8) is 0 Å². The molecule has 6 heteroatoms. The molecule has 1 aromatic carbocycles. The zero-order chi connectivity index (χ0) is 14.2. The molecule has 20 heavy (non-hydrogen) atoms. The Hall–Kier alpha value is -2.08. The van der Waals surface area contributed by atoms with E-state index in [1.54, 1.807) is 11.0 Å². The molecule has 6 nitrogen and oxygen atoms in total. The van der Waals surface area contributed by atoms with Gasteiger partial charge in [-0.1, -0.05) is 12.1 Å². The van der Waals surface area contributed by atoms with E-state index in [1.807, 2.05) is 38.2 Å². The molecule has 0 radical (unpaired) electrons. The summed E-state index contributed by atoms with van der Waals surface area (Å²) in [5, 5.41) is 7.42. The van der Waals surface area contributed by atoms with Gasteiger partial charge in [0.2, 0.25) is 0 Å². The third-order valence-corrected chi connectivity index (χ3v) is 2.62. The summed E-state index contributed by atoms with van der Waals surface area (Å²) in [7, 11) is 1.85. The maximum Gasteiger partial charge on any atom is 0.164 e. The van der Waals surface area contributed by atoms with Crippen molar-refractivity contribution in [3.8, 4) is 11.5 Å². The van der Waals surface area contributed by atoms with Gasteiger partial charge in [-0.2, -0.15) is 5.10 Å². The Bertz CT molecular complexity index is 527. The van der Waals surface area contributed by atoms with Gasteiger partial charge in [0.1, 0.15) is 12.9 Å². The average molecular weight is 276 g/mol. The average Bonchev–Trinajstić information content (AvgIpc) is 2.86. The summed E-state index contributed by atoms with van der Waals surface area (Å²) in [5.41, 5.74) is 0. The van der Waals surface area contributed by atoms with Crippen molar-refractivity contribution >= 4 is 0 Å². The zero-order valence-electron chi connectivity index (χ0n) is 11.9. The molecule has 0 amide bonds. The topological polar surface area (TPSA) is 61.2 Å². The standard InChI is InChI=1S/C14H20N4O2/c1-3-19-12-6-4-5-7-13(12)20-9-8-15-10-14-16-11-18(2)17-14/h4-7,11,15H,3,8-10H2,1-2H3. The van der Waals surface area contributed by atoms with Gasteiger partial charge >= 0.3 is 0 Å². The van der Waals surface area contributed by atoms with E-state index in [-0.39, 0.29) is 0 Å². The molecule has 2 rings (SSSR count). The third-order valence-electron chi connectivity index (χ3n) is 2.62. The minimum absolute atomic E-state index is 0.566. The fourth-order valence-electron chi connectivity index (χ4n) is 1.74. The van der Waals surface area contributed by atoms with Crippen LogP contribution in [-0.2, 0) is 13.6 Å². The number of nitrogens with one attached hydrogen (secondary N) is 1. The number of benzene rings is 1. The first-order valence-electron chi connectivity index (χ1n) is 6.69. The van der Waals surface area contributed by atoms with Crippen LogP contribution in [0.5, 0.6) is 11.5 Å². The molecule has 0 unspecified atom stereocenters. The van der Waals surface area contributed by atoms with Crippen LogP contribution in [0, 0.1) is 0 Å². The maximum atomic E-state index is 5.70. The van der Waals surface area contributed by atoms with Crippen LogP contribution in [0.1, 0.15) is 12.7 Å². The van der Waals surface area contributed by atoms with Crippen LogP contribution in [0.4, 0.5) is 0 Å². The number of aromatic nitrogens is 3. The van der Waals surface area contributed by atoms with Crippen LogP contribution >= 0.6 is 0 Å². The number of nitrogens with zero attached hydrogens (tertiary/aromatic N) is 3. The van der Waals surface area contributed by atoms with E-state index in [2.05, 4.69) is 15.4 Å². The molecule has 108 valence electrons. The summed E-state index contributed by atoms with van der Waals surface area (Å²) < 4.78 is 12.9. The second kappa shape index (κ2) is 7.49. The minimum atomic E-state index is 0.566. The smallest absolute Gasteiger partial charge is 0.164 e. The van der Waals surface area contributed by atoms with Crippen molar-refractivity contribution in [2.75, 3.05) is 19.8 Å². The second-order valence-electron chi connectivity index (χ2n) is 4.24. The lowest BCUT2D eigenvalue weighted by atomic mass is 10.3. The van der Waals surface area contributed by atoms with E-state index >= 15 is 0 Å². The highest BCUT2D eigenvalue weighted by Gasteiger charge is 2.03. The molecule has 0 bridgehead atoms. The van der Waals surface area contributed by atoms with Crippen molar-refractivity contribution in [1.82, 2.24) is 20.1 Å². The second-order valence-corrected chi connectivity index (χ2v) is 4.24. The summed E-state index contributed by atoms with van der Waals surface area (Å²) >= 11 is 0. The molecule has 1 heterocycles. The summed E-state index contributed by atoms with van der Waals surface area (Å²) in [6.07, 6.45) is 1.69. The number of hydrogen-bond acceptors (Lipinski definition) is 5. The van der Waals surface area contributed by atoms with Gasteiger partial charge in [0.05, 0.1) is 13.2 Å². The maximum absolute atomic E-state index is 5.70. The lowest BCUT2D eigenvalue weighted by Crippen LogP contribution is -2.21. The number of hydrogen-bond donors (Lipinski definition) is 1. The van der Waals surface area contributed by atoms with Gasteiger partial charge in [0, 0.05) is 13.6 Å². The molecular weight excluding hydrogens is 256 g/mol. The Balaban J connectivity index is 1.70. The summed E-state index contributed by atoms with van der Waals surface area (Å²) in [6.45, 7) is 4.51. The lowest BCUT2D eigenvalue weighted by Gasteiger charge is -2.11. The lowest BCUT2D eigenvalue weighted by molar-refractivity contribution is 0.275. The first-order valence-corrected chi connectivity index (χ1v) is 6.69. The highest BCUT2D eigenvalue weighted by molar-refractivity contribution is 5.39. The number of aryl methyl sites for hydroxylation is 1. The first-order chi connectivity index (χ1) is 9.79. The molecule has 0 spiro atoms. The molecule has 0 atom stereocenters. The van der Waals surface area contributed by atoms with Crippen LogP contribution in [0.3, 0.4) is 0 Å². The van der Waals surface area contributed by atoms with Gasteiger partial charge < -0.3 is 14.8 Å². The number of rotatable bonds is 8. The predicted molar refractivity (Wildman–Crippen MR) is 75.8 cm³/mol. The van der Waals surface area contributed by atoms with Gasteiger partial charge in [0.15, 0.2) is 17.3 Å². The third kappa shape index (κ3) is 4.24. The molecule has 0 aliphatic rings. The fourth-order valence-corrected chi connectivity index (χ4v) is 1.74. The fraction of sp³-hybridized carbons (Fsp3) is 0.429. The molecule has 0 fully saturated rings. The Kier molecular flexibility index (Phi) is 5.37. The quantitative estimate of drug-likeness (QED) is 0.738. The predicted octanol–water partition coefficient (Wildman–Crippen LogP) is 1.38. The van der Waals surface area contributed by atoms with Crippen LogP contribution in [0.2, 0.25) is 0 Å². The van der Waals surface area contributed by atoms with Gasteiger partial charge in [0.25, 0.3) is 0 Å². The Labute approximate surface area is 118 Å². The van der Waals surface area contributed by atoms with Gasteiger partial charge in [-0.3, -0.25) is 4.68 Å². The van der Waals surface area contributed by atoms with Crippen LogP contribution in [-0.4, -0.2) is 34.5 Å². The molecule has 0 aliphatic carbocycles. The van der Waals surface area contributed by atoms with Crippen molar-refractivity contribution in [2.24, 2.45) is 7.05 Å². The molecule has 1 aromatic heterocycles. The van der Waals surface area contributed by atoms with E-state index in [9.17, 15) is 0 Å².